The maximum Gasteiger partial charge on any atom is 0.0332 e. The van der Waals surface area contributed by atoms with Crippen molar-refractivity contribution in [1.29, 1.82) is 0 Å². The Morgan fingerprint density at radius 1 is 1.35 bits per heavy atom. The molecule has 1 aromatic rings. The van der Waals surface area contributed by atoms with Gasteiger partial charge < -0.3 is 5.32 Å². The van der Waals surface area contributed by atoms with Crippen LogP contribution in [0.1, 0.15) is 50.3 Å². The predicted molar refractivity (Wildman–Crippen MR) is 89.4 cm³/mol. The second-order valence-corrected chi connectivity index (χ2v) is 7.97. The van der Waals surface area contributed by atoms with Crippen LogP contribution in [0.2, 0.25) is 0 Å². The number of nitrogens with zero attached hydrogens (tertiary/aromatic N) is 1. The summed E-state index contributed by atoms with van der Waals surface area (Å²) in [4.78, 5) is 5.66. The molecule has 20 heavy (non-hydrogen) atoms. The largest absolute Gasteiger partial charge is 0.308 e. The fourth-order valence-corrected chi connectivity index (χ4v) is 4.25. The van der Waals surface area contributed by atoms with Gasteiger partial charge >= 0.3 is 0 Å². The molecule has 1 aromatic heterocycles. The first-order valence-electron chi connectivity index (χ1n) is 8.04. The summed E-state index contributed by atoms with van der Waals surface area (Å²) in [6, 6.07) is 5.21. The molecule has 1 atom stereocenters. The monoisotopic (exact) mass is 294 g/mol. The minimum atomic E-state index is 0.317. The molecule has 3 heteroatoms. The molecule has 0 spiro atoms. The molecule has 2 nitrogen and oxygen atoms in total. The van der Waals surface area contributed by atoms with Gasteiger partial charge in [0.1, 0.15) is 0 Å². The number of hydrogen-bond donors (Lipinski definition) is 1. The van der Waals surface area contributed by atoms with Gasteiger partial charge in [0, 0.05) is 41.0 Å². The zero-order valence-electron chi connectivity index (χ0n) is 13.7. The Morgan fingerprint density at radius 3 is 2.55 bits per heavy atom. The standard InChI is InChI=1S/C17H30N2S/c1-6-17(7-2)12-19(16(10-18-17)13(3)4)11-15-9-8-14(5)20-15/h8-9,13,16,18H,6-7,10-12H2,1-5H3. The molecule has 0 saturated carbocycles. The first-order chi connectivity index (χ1) is 9.49. The van der Waals surface area contributed by atoms with E-state index in [0.717, 1.165) is 13.1 Å². The van der Waals surface area contributed by atoms with Crippen LogP contribution in [-0.4, -0.2) is 29.6 Å². The third-order valence-electron chi connectivity index (χ3n) is 4.94. The van der Waals surface area contributed by atoms with Crippen molar-refractivity contribution in [2.75, 3.05) is 13.1 Å². The molecule has 2 rings (SSSR count). The van der Waals surface area contributed by atoms with E-state index >= 15 is 0 Å². The third kappa shape index (κ3) is 3.44. The van der Waals surface area contributed by atoms with Crippen LogP contribution in [0.15, 0.2) is 12.1 Å². The Kier molecular flexibility index (Phi) is 5.27. The molecule has 1 aliphatic heterocycles. The van der Waals surface area contributed by atoms with Crippen LogP contribution in [0.25, 0.3) is 0 Å². The molecule has 1 fully saturated rings. The summed E-state index contributed by atoms with van der Waals surface area (Å²) in [5.74, 6) is 0.704. The van der Waals surface area contributed by atoms with Crippen molar-refractivity contribution < 1.29 is 0 Å². The van der Waals surface area contributed by atoms with E-state index in [1.54, 1.807) is 0 Å². The van der Waals surface area contributed by atoms with Crippen molar-refractivity contribution in [3.63, 3.8) is 0 Å². The average molecular weight is 295 g/mol. The Bertz CT molecular complexity index is 420. The van der Waals surface area contributed by atoms with Crippen LogP contribution in [0.3, 0.4) is 0 Å². The number of aryl methyl sites for hydroxylation is 1. The maximum absolute atomic E-state index is 3.85. The van der Waals surface area contributed by atoms with E-state index < -0.39 is 0 Å². The van der Waals surface area contributed by atoms with Crippen molar-refractivity contribution in [3.8, 4) is 0 Å². The second-order valence-electron chi connectivity index (χ2n) is 6.60. The van der Waals surface area contributed by atoms with Gasteiger partial charge in [0.25, 0.3) is 0 Å². The van der Waals surface area contributed by atoms with Crippen LogP contribution in [0.4, 0.5) is 0 Å². The third-order valence-corrected chi connectivity index (χ3v) is 5.92. The van der Waals surface area contributed by atoms with Crippen LogP contribution >= 0.6 is 11.3 Å². The number of nitrogens with one attached hydrogen (secondary N) is 1. The van der Waals surface area contributed by atoms with Crippen molar-refractivity contribution in [1.82, 2.24) is 10.2 Å². The van der Waals surface area contributed by atoms with Crippen LogP contribution in [-0.2, 0) is 6.54 Å². The summed E-state index contributed by atoms with van der Waals surface area (Å²) in [6.45, 7) is 15.0. The number of rotatable bonds is 5. The fourth-order valence-electron chi connectivity index (χ4n) is 3.34. The van der Waals surface area contributed by atoms with E-state index in [9.17, 15) is 0 Å². The summed E-state index contributed by atoms with van der Waals surface area (Å²) in [6.07, 6.45) is 2.43. The molecule has 0 bridgehead atoms. The van der Waals surface area contributed by atoms with E-state index in [4.69, 9.17) is 0 Å². The van der Waals surface area contributed by atoms with Crippen LogP contribution in [0, 0.1) is 12.8 Å². The maximum atomic E-state index is 3.85. The van der Waals surface area contributed by atoms with Crippen LogP contribution in [0.5, 0.6) is 0 Å². The van der Waals surface area contributed by atoms with Gasteiger partial charge in [-0.15, -0.1) is 11.3 Å². The number of piperazine rings is 1. The zero-order valence-corrected chi connectivity index (χ0v) is 14.5. The summed E-state index contributed by atoms with van der Waals surface area (Å²) in [7, 11) is 0. The molecule has 0 radical (unpaired) electrons. The van der Waals surface area contributed by atoms with Crippen LogP contribution < -0.4 is 5.32 Å². The topological polar surface area (TPSA) is 15.3 Å². The molecular formula is C17H30N2S. The molecule has 0 aromatic carbocycles. The van der Waals surface area contributed by atoms with Gasteiger partial charge in [0.2, 0.25) is 0 Å². The number of hydrogen-bond acceptors (Lipinski definition) is 3. The quantitative estimate of drug-likeness (QED) is 0.881. The van der Waals surface area contributed by atoms with Crippen molar-refractivity contribution in [2.45, 2.75) is 65.6 Å². The molecule has 1 unspecified atom stereocenters. The molecule has 2 heterocycles. The van der Waals surface area contributed by atoms with Gasteiger partial charge in [-0.2, -0.15) is 0 Å². The first kappa shape index (κ1) is 16.0. The van der Waals surface area contributed by atoms with Gasteiger partial charge in [-0.05, 0) is 37.8 Å². The Morgan fingerprint density at radius 2 is 2.05 bits per heavy atom. The average Bonchev–Trinajstić information content (AvgIpc) is 2.83. The molecule has 114 valence electrons. The van der Waals surface area contributed by atoms with Crippen molar-refractivity contribution in [2.24, 2.45) is 5.92 Å². The molecule has 1 aliphatic rings. The zero-order chi connectivity index (χ0) is 14.8. The van der Waals surface area contributed by atoms with Gasteiger partial charge in [0.15, 0.2) is 0 Å². The smallest absolute Gasteiger partial charge is 0.0332 e. The second kappa shape index (κ2) is 6.59. The minimum Gasteiger partial charge on any atom is -0.308 e. The Hall–Kier alpha value is -0.380. The number of thiophene rings is 1. The minimum absolute atomic E-state index is 0.317. The highest BCUT2D eigenvalue weighted by molar-refractivity contribution is 7.11. The predicted octanol–water partition coefficient (Wildman–Crippen LogP) is 4.05. The molecule has 1 N–H and O–H groups in total. The lowest BCUT2D eigenvalue weighted by Gasteiger charge is -2.48. The highest BCUT2D eigenvalue weighted by Gasteiger charge is 2.37. The highest BCUT2D eigenvalue weighted by Crippen LogP contribution is 2.28. The lowest BCUT2D eigenvalue weighted by molar-refractivity contribution is 0.0451. The lowest BCUT2D eigenvalue weighted by Crippen LogP contribution is -2.64. The Balaban J connectivity index is 2.14. The fraction of sp³-hybridized carbons (Fsp3) is 0.765. The Labute approximate surface area is 128 Å². The summed E-state index contributed by atoms with van der Waals surface area (Å²) < 4.78 is 0. The SMILES string of the molecule is CCC1(CC)CN(Cc2ccc(C)s2)C(C(C)C)CN1. The summed E-state index contributed by atoms with van der Waals surface area (Å²) in [5.41, 5.74) is 0.317. The van der Waals surface area contributed by atoms with E-state index in [-0.39, 0.29) is 0 Å². The van der Waals surface area contributed by atoms with E-state index in [0.29, 0.717) is 17.5 Å². The van der Waals surface area contributed by atoms with Crippen molar-refractivity contribution >= 4 is 11.3 Å². The van der Waals surface area contributed by atoms with E-state index in [2.05, 4.69) is 57.0 Å². The molecular weight excluding hydrogens is 264 g/mol. The van der Waals surface area contributed by atoms with Gasteiger partial charge in [-0.3, -0.25) is 4.90 Å². The molecule has 0 aliphatic carbocycles. The van der Waals surface area contributed by atoms with E-state index in [1.165, 1.54) is 29.1 Å². The summed E-state index contributed by atoms with van der Waals surface area (Å²) >= 11 is 1.95. The highest BCUT2D eigenvalue weighted by atomic mass is 32.1. The van der Waals surface area contributed by atoms with Gasteiger partial charge in [0.05, 0.1) is 0 Å². The van der Waals surface area contributed by atoms with Gasteiger partial charge in [-0.1, -0.05) is 27.7 Å². The van der Waals surface area contributed by atoms with E-state index in [1.807, 2.05) is 11.3 Å². The van der Waals surface area contributed by atoms with Crippen molar-refractivity contribution in [3.05, 3.63) is 21.9 Å². The van der Waals surface area contributed by atoms with Gasteiger partial charge in [-0.25, -0.2) is 0 Å². The molecule has 1 saturated heterocycles. The summed E-state index contributed by atoms with van der Waals surface area (Å²) in [5, 5.41) is 3.85. The molecule has 0 amide bonds. The first-order valence-corrected chi connectivity index (χ1v) is 8.85. The normalized spacial score (nSPS) is 23.4. The lowest BCUT2D eigenvalue weighted by atomic mass is 9.86.